The predicted molar refractivity (Wildman–Crippen MR) is 77.5 cm³/mol. The molecule has 19 heavy (non-hydrogen) atoms. The summed E-state index contributed by atoms with van der Waals surface area (Å²) in [5.74, 6) is -0.0405. The van der Waals surface area contributed by atoms with Crippen LogP contribution in [-0.2, 0) is 0 Å². The van der Waals surface area contributed by atoms with E-state index in [-0.39, 0.29) is 0 Å². The highest BCUT2D eigenvalue weighted by atomic mass is 16.5. The summed E-state index contributed by atoms with van der Waals surface area (Å²) in [5.41, 5.74) is 12.5. The van der Waals surface area contributed by atoms with Gasteiger partial charge in [0.2, 0.25) is 5.91 Å². The second kappa shape index (κ2) is 7.27. The van der Waals surface area contributed by atoms with Gasteiger partial charge in [0.15, 0.2) is 0 Å². The van der Waals surface area contributed by atoms with Crippen molar-refractivity contribution in [2.24, 2.45) is 5.73 Å². The van der Waals surface area contributed by atoms with Crippen molar-refractivity contribution in [2.75, 3.05) is 38.3 Å². The van der Waals surface area contributed by atoms with Crippen molar-refractivity contribution < 1.29 is 9.53 Å². The van der Waals surface area contributed by atoms with E-state index in [4.69, 9.17) is 16.2 Å². The molecule has 0 heterocycles. The van der Waals surface area contributed by atoms with Gasteiger partial charge in [-0.25, -0.2) is 0 Å². The first-order valence-electron chi connectivity index (χ1n) is 5.91. The fraction of sp³-hybridized carbons (Fsp3) is 0.308. The number of likely N-dealkylation sites (N-methyl/N-ethyl adjacent to an activating group) is 1. The van der Waals surface area contributed by atoms with Gasteiger partial charge in [-0.15, -0.1) is 0 Å². The number of nitrogens with one attached hydrogen (secondary N) is 2. The average Bonchev–Trinajstić information content (AvgIpc) is 2.39. The van der Waals surface area contributed by atoms with E-state index in [1.165, 1.54) is 13.2 Å². The monoisotopic (exact) mass is 264 g/mol. The van der Waals surface area contributed by atoms with Gasteiger partial charge >= 0.3 is 0 Å². The van der Waals surface area contributed by atoms with E-state index in [2.05, 4.69) is 10.6 Å². The number of hydrogen-bond donors (Lipinski definition) is 4. The van der Waals surface area contributed by atoms with Crippen molar-refractivity contribution in [3.05, 3.63) is 29.8 Å². The predicted octanol–water partition coefficient (Wildman–Crippen LogP) is 0.564. The smallest absolute Gasteiger partial charge is 0.248 e. The molecular weight excluding hydrogens is 244 g/mol. The molecule has 6 nitrogen and oxygen atoms in total. The van der Waals surface area contributed by atoms with Crippen LogP contribution in [0.5, 0.6) is 5.75 Å². The second-order valence-electron chi connectivity index (χ2n) is 3.92. The number of nitrogens with two attached hydrogens (primary N) is 2. The molecule has 1 rings (SSSR count). The molecule has 1 aromatic carbocycles. The van der Waals surface area contributed by atoms with Gasteiger partial charge < -0.3 is 26.8 Å². The Kier molecular flexibility index (Phi) is 5.69. The molecule has 0 fully saturated rings. The normalized spacial score (nSPS) is 10.6. The molecule has 6 N–H and O–H groups in total. The van der Waals surface area contributed by atoms with Gasteiger partial charge in [0.05, 0.1) is 12.8 Å². The van der Waals surface area contributed by atoms with Crippen LogP contribution >= 0.6 is 0 Å². The number of benzene rings is 1. The van der Waals surface area contributed by atoms with Crippen LogP contribution in [0.3, 0.4) is 0 Å². The number of methoxy groups -OCH3 is 1. The zero-order chi connectivity index (χ0) is 14.3. The highest BCUT2D eigenvalue weighted by molar-refractivity contribution is 5.96. The molecule has 0 spiro atoms. The van der Waals surface area contributed by atoms with Crippen LogP contribution in [0.1, 0.15) is 10.4 Å². The number of nitrogen functional groups attached to an aromatic ring is 1. The topological polar surface area (TPSA) is 102 Å². The van der Waals surface area contributed by atoms with Gasteiger partial charge in [-0.3, -0.25) is 4.79 Å². The number of primary amides is 1. The van der Waals surface area contributed by atoms with E-state index < -0.39 is 5.91 Å². The Morgan fingerprint density at radius 2 is 2.05 bits per heavy atom. The highest BCUT2D eigenvalue weighted by Crippen LogP contribution is 2.32. The maximum atomic E-state index is 11.1. The number of rotatable bonds is 7. The summed E-state index contributed by atoms with van der Waals surface area (Å²) in [6, 6.07) is 3.10. The molecule has 0 bridgehead atoms. The van der Waals surface area contributed by atoms with Crippen molar-refractivity contribution in [2.45, 2.75) is 0 Å². The summed E-state index contributed by atoms with van der Waals surface area (Å²) in [5, 5.41) is 6.15. The van der Waals surface area contributed by atoms with E-state index in [0.717, 1.165) is 6.54 Å². The second-order valence-corrected chi connectivity index (χ2v) is 3.92. The summed E-state index contributed by atoms with van der Waals surface area (Å²) in [6.07, 6.45) is 3.96. The lowest BCUT2D eigenvalue weighted by Gasteiger charge is -2.13. The van der Waals surface area contributed by atoms with Crippen molar-refractivity contribution in [1.29, 1.82) is 0 Å². The first kappa shape index (κ1) is 14.8. The fourth-order valence-corrected chi connectivity index (χ4v) is 1.57. The number of ether oxygens (including phenoxy) is 1. The number of amides is 1. The number of anilines is 2. The van der Waals surface area contributed by atoms with Crippen LogP contribution in [-0.4, -0.2) is 33.2 Å². The molecule has 0 aromatic heterocycles. The minimum atomic E-state index is -0.537. The first-order chi connectivity index (χ1) is 9.10. The maximum Gasteiger partial charge on any atom is 0.248 e. The maximum absolute atomic E-state index is 11.1. The molecule has 104 valence electrons. The first-order valence-corrected chi connectivity index (χ1v) is 5.91. The summed E-state index contributed by atoms with van der Waals surface area (Å²) < 4.78 is 5.21. The van der Waals surface area contributed by atoms with Crippen LogP contribution in [0.25, 0.3) is 0 Å². The molecule has 0 saturated heterocycles. The lowest BCUT2D eigenvalue weighted by Crippen LogP contribution is -2.13. The SMILES string of the molecule is CNC/C=C/CNc1c(N)cc(C(N)=O)cc1OC. The summed E-state index contributed by atoms with van der Waals surface area (Å²) in [7, 11) is 3.39. The van der Waals surface area contributed by atoms with Crippen molar-refractivity contribution in [3.8, 4) is 5.75 Å². The standard InChI is InChI=1S/C13H20N4O2/c1-16-5-3-4-6-17-12-10(14)7-9(13(15)18)8-11(12)19-2/h3-4,7-8,16-17H,5-6,14H2,1-2H3,(H2,15,18)/b4-3+. The minimum Gasteiger partial charge on any atom is -0.494 e. The molecule has 0 atom stereocenters. The van der Waals surface area contributed by atoms with E-state index >= 15 is 0 Å². The molecule has 0 aliphatic heterocycles. The lowest BCUT2D eigenvalue weighted by atomic mass is 10.1. The lowest BCUT2D eigenvalue weighted by molar-refractivity contribution is 0.1000. The van der Waals surface area contributed by atoms with Crippen LogP contribution in [0.4, 0.5) is 11.4 Å². The van der Waals surface area contributed by atoms with Gasteiger partial charge in [-0.05, 0) is 19.2 Å². The Morgan fingerprint density at radius 1 is 1.37 bits per heavy atom. The van der Waals surface area contributed by atoms with Crippen LogP contribution in [0, 0.1) is 0 Å². The Bertz CT molecular complexity index is 472. The van der Waals surface area contributed by atoms with Gasteiger partial charge in [-0.2, -0.15) is 0 Å². The third-order valence-electron chi connectivity index (χ3n) is 2.52. The van der Waals surface area contributed by atoms with E-state index in [1.54, 1.807) is 6.07 Å². The summed E-state index contributed by atoms with van der Waals surface area (Å²) in [6.45, 7) is 1.41. The molecule has 0 radical (unpaired) electrons. The Morgan fingerprint density at radius 3 is 2.63 bits per heavy atom. The number of carbonyl (C=O) groups excluding carboxylic acids is 1. The van der Waals surface area contributed by atoms with Gasteiger partial charge in [-0.1, -0.05) is 12.2 Å². The van der Waals surface area contributed by atoms with E-state index in [1.807, 2.05) is 19.2 Å². The highest BCUT2D eigenvalue weighted by Gasteiger charge is 2.11. The molecule has 0 saturated carbocycles. The Hall–Kier alpha value is -2.21. The molecule has 0 aliphatic carbocycles. The molecular formula is C13H20N4O2. The fourth-order valence-electron chi connectivity index (χ4n) is 1.57. The third kappa shape index (κ3) is 4.18. The number of hydrogen-bond acceptors (Lipinski definition) is 5. The third-order valence-corrected chi connectivity index (χ3v) is 2.52. The van der Waals surface area contributed by atoms with Gasteiger partial charge in [0, 0.05) is 18.7 Å². The zero-order valence-corrected chi connectivity index (χ0v) is 11.2. The van der Waals surface area contributed by atoms with Gasteiger partial charge in [0.1, 0.15) is 11.4 Å². The van der Waals surface area contributed by atoms with Gasteiger partial charge in [0.25, 0.3) is 0 Å². The van der Waals surface area contributed by atoms with E-state index in [9.17, 15) is 4.79 Å². The van der Waals surface area contributed by atoms with Crippen molar-refractivity contribution >= 4 is 17.3 Å². The minimum absolute atomic E-state index is 0.325. The Labute approximate surface area is 112 Å². The molecule has 6 heteroatoms. The molecule has 0 aliphatic rings. The van der Waals surface area contributed by atoms with Crippen molar-refractivity contribution in [1.82, 2.24) is 5.32 Å². The van der Waals surface area contributed by atoms with Crippen LogP contribution < -0.4 is 26.8 Å². The van der Waals surface area contributed by atoms with Crippen molar-refractivity contribution in [3.63, 3.8) is 0 Å². The molecule has 0 unspecified atom stereocenters. The molecule has 1 aromatic rings. The summed E-state index contributed by atoms with van der Waals surface area (Å²) >= 11 is 0. The van der Waals surface area contributed by atoms with Crippen LogP contribution in [0.15, 0.2) is 24.3 Å². The number of carbonyl (C=O) groups is 1. The van der Waals surface area contributed by atoms with Crippen LogP contribution in [0.2, 0.25) is 0 Å². The Balaban J connectivity index is 2.85. The molecule has 1 amide bonds. The summed E-state index contributed by atoms with van der Waals surface area (Å²) in [4.78, 5) is 11.1. The average molecular weight is 264 g/mol. The zero-order valence-electron chi connectivity index (χ0n) is 11.2. The quantitative estimate of drug-likeness (QED) is 0.426. The largest absolute Gasteiger partial charge is 0.494 e. The van der Waals surface area contributed by atoms with E-state index in [0.29, 0.717) is 29.2 Å².